The number of aromatic nitrogens is 6. The van der Waals surface area contributed by atoms with E-state index in [1.807, 2.05) is 27.8 Å². The molecule has 1 aliphatic heterocycles. The topological polar surface area (TPSA) is 96.9 Å². The average molecular weight is 515 g/mol. The van der Waals surface area contributed by atoms with E-state index in [9.17, 15) is 18.3 Å². The Morgan fingerprint density at radius 3 is 2.76 bits per heavy atom. The van der Waals surface area contributed by atoms with Crippen molar-refractivity contribution < 1.29 is 18.3 Å². The normalized spacial score (nSPS) is 17.4. The van der Waals surface area contributed by atoms with Gasteiger partial charge in [-0.1, -0.05) is 6.92 Å². The van der Waals surface area contributed by atoms with E-state index in [0.717, 1.165) is 34.2 Å². The highest BCUT2D eigenvalue weighted by atomic mass is 19.4. The Balaban J connectivity index is 1.48. The highest BCUT2D eigenvalue weighted by molar-refractivity contribution is 5.81. The van der Waals surface area contributed by atoms with Gasteiger partial charge in [0.15, 0.2) is 5.65 Å². The summed E-state index contributed by atoms with van der Waals surface area (Å²) in [6.07, 6.45) is 3.77. The van der Waals surface area contributed by atoms with Gasteiger partial charge in [0, 0.05) is 48.1 Å². The summed E-state index contributed by atoms with van der Waals surface area (Å²) in [5.74, 6) is 1.13. The molecule has 0 aliphatic carbocycles. The summed E-state index contributed by atoms with van der Waals surface area (Å²) in [4.78, 5) is 11.3. The SMILES string of the molecule is CCC(C)n1ncc2ccc(Nc3cc(N4CCC[C@H](O)C4)c(-c4cnn(CC(F)(F)F)c4)cn3)nc21. The van der Waals surface area contributed by atoms with Crippen LogP contribution in [0.5, 0.6) is 0 Å². The fourth-order valence-corrected chi connectivity index (χ4v) is 4.56. The Morgan fingerprint density at radius 2 is 2.00 bits per heavy atom. The summed E-state index contributed by atoms with van der Waals surface area (Å²) in [5.41, 5.74) is 2.70. The molecule has 1 saturated heterocycles. The minimum atomic E-state index is -4.37. The van der Waals surface area contributed by atoms with E-state index in [1.165, 1.54) is 12.4 Å². The number of rotatable bonds is 7. The van der Waals surface area contributed by atoms with E-state index in [1.54, 1.807) is 12.4 Å². The molecule has 196 valence electrons. The molecule has 2 N–H and O–H groups in total. The zero-order valence-electron chi connectivity index (χ0n) is 20.7. The Bertz CT molecular complexity index is 1380. The van der Waals surface area contributed by atoms with Crippen LogP contribution in [0.15, 0.2) is 43.0 Å². The number of pyridine rings is 2. The monoisotopic (exact) mass is 514 g/mol. The summed E-state index contributed by atoms with van der Waals surface area (Å²) in [6, 6.07) is 5.84. The molecule has 1 unspecified atom stereocenters. The van der Waals surface area contributed by atoms with Crippen molar-refractivity contribution in [2.24, 2.45) is 0 Å². The zero-order valence-corrected chi connectivity index (χ0v) is 20.7. The summed E-state index contributed by atoms with van der Waals surface area (Å²) in [5, 5.41) is 22.8. The largest absolute Gasteiger partial charge is 0.408 e. The van der Waals surface area contributed by atoms with Crippen molar-refractivity contribution in [3.8, 4) is 11.1 Å². The lowest BCUT2D eigenvalue weighted by Crippen LogP contribution is -2.38. The number of alkyl halides is 3. The molecule has 2 atom stereocenters. The van der Waals surface area contributed by atoms with Crippen LogP contribution < -0.4 is 10.2 Å². The van der Waals surface area contributed by atoms with Gasteiger partial charge in [-0.3, -0.25) is 4.68 Å². The van der Waals surface area contributed by atoms with E-state index in [-0.39, 0.29) is 6.04 Å². The summed E-state index contributed by atoms with van der Waals surface area (Å²) in [7, 11) is 0. The molecule has 4 aromatic rings. The molecule has 4 aromatic heterocycles. The third kappa shape index (κ3) is 5.53. The number of piperidine rings is 1. The van der Waals surface area contributed by atoms with Crippen molar-refractivity contribution in [3.63, 3.8) is 0 Å². The quantitative estimate of drug-likeness (QED) is 0.361. The standard InChI is InChI=1S/C25H29F3N8O/c1-3-16(2)36-24-17(10-31-36)6-7-22(33-24)32-23-9-21(34-8-4-5-19(37)14-34)20(12-29-23)18-11-30-35(13-18)15-25(26,27)28/h6-7,9-13,16,19,37H,3-5,8,14-15H2,1-2H3,(H,29,32,33)/t16?,19-/m0/s1. The third-order valence-corrected chi connectivity index (χ3v) is 6.61. The van der Waals surface area contributed by atoms with Crippen LogP contribution in [-0.2, 0) is 6.54 Å². The number of aliphatic hydroxyl groups excluding tert-OH is 1. The number of anilines is 3. The highest BCUT2D eigenvalue weighted by Crippen LogP contribution is 2.35. The molecular formula is C25H29F3N8O. The maximum atomic E-state index is 12.9. The zero-order chi connectivity index (χ0) is 26.2. The molecule has 0 amide bonds. The number of halogens is 3. The fraction of sp³-hybridized carbons (Fsp3) is 0.440. The maximum absolute atomic E-state index is 12.9. The number of aliphatic hydroxyl groups is 1. The van der Waals surface area contributed by atoms with E-state index in [4.69, 9.17) is 4.98 Å². The molecule has 0 bridgehead atoms. The van der Waals surface area contributed by atoms with Crippen LogP contribution in [-0.4, -0.2) is 60.0 Å². The number of hydrogen-bond donors (Lipinski definition) is 2. The van der Waals surface area contributed by atoms with E-state index in [2.05, 4.69) is 34.3 Å². The van der Waals surface area contributed by atoms with Crippen LogP contribution in [0.2, 0.25) is 0 Å². The predicted octanol–water partition coefficient (Wildman–Crippen LogP) is 4.93. The number of nitrogens with zero attached hydrogens (tertiary/aromatic N) is 7. The molecule has 0 radical (unpaired) electrons. The van der Waals surface area contributed by atoms with Crippen molar-refractivity contribution in [3.05, 3.63) is 43.0 Å². The molecule has 1 fully saturated rings. The van der Waals surface area contributed by atoms with Crippen LogP contribution >= 0.6 is 0 Å². The van der Waals surface area contributed by atoms with Gasteiger partial charge in [-0.25, -0.2) is 14.6 Å². The number of nitrogens with one attached hydrogen (secondary N) is 1. The summed E-state index contributed by atoms with van der Waals surface area (Å²) < 4.78 is 41.4. The molecule has 12 heteroatoms. The van der Waals surface area contributed by atoms with Crippen LogP contribution in [0.25, 0.3) is 22.2 Å². The van der Waals surface area contributed by atoms with Crippen LogP contribution in [0.4, 0.5) is 30.5 Å². The van der Waals surface area contributed by atoms with Crippen molar-refractivity contribution >= 4 is 28.4 Å². The smallest absolute Gasteiger partial charge is 0.391 e. The lowest BCUT2D eigenvalue weighted by Gasteiger charge is -2.33. The second-order valence-electron chi connectivity index (χ2n) is 9.45. The lowest BCUT2D eigenvalue weighted by atomic mass is 10.0. The van der Waals surface area contributed by atoms with Gasteiger partial charge < -0.3 is 15.3 Å². The fourth-order valence-electron chi connectivity index (χ4n) is 4.56. The maximum Gasteiger partial charge on any atom is 0.408 e. The molecule has 1 aliphatic rings. The second-order valence-corrected chi connectivity index (χ2v) is 9.45. The Morgan fingerprint density at radius 1 is 1.16 bits per heavy atom. The van der Waals surface area contributed by atoms with Gasteiger partial charge in [0.25, 0.3) is 0 Å². The first-order valence-corrected chi connectivity index (χ1v) is 12.3. The van der Waals surface area contributed by atoms with Crippen LogP contribution in [0.3, 0.4) is 0 Å². The first-order valence-electron chi connectivity index (χ1n) is 12.3. The van der Waals surface area contributed by atoms with E-state index in [0.29, 0.717) is 42.3 Å². The van der Waals surface area contributed by atoms with Gasteiger partial charge in [-0.2, -0.15) is 23.4 Å². The molecule has 0 saturated carbocycles. The third-order valence-electron chi connectivity index (χ3n) is 6.61. The van der Waals surface area contributed by atoms with Crippen molar-refractivity contribution in [2.75, 3.05) is 23.3 Å². The van der Waals surface area contributed by atoms with Gasteiger partial charge in [0.2, 0.25) is 0 Å². The van der Waals surface area contributed by atoms with Crippen molar-refractivity contribution in [1.82, 2.24) is 29.5 Å². The molecule has 5 rings (SSSR count). The first-order chi connectivity index (χ1) is 17.7. The molecule has 0 spiro atoms. The lowest BCUT2D eigenvalue weighted by molar-refractivity contribution is -0.142. The predicted molar refractivity (Wildman–Crippen MR) is 135 cm³/mol. The van der Waals surface area contributed by atoms with Crippen LogP contribution in [0.1, 0.15) is 39.2 Å². The Kier molecular flexibility index (Phi) is 6.76. The first kappa shape index (κ1) is 25.0. The van der Waals surface area contributed by atoms with Gasteiger partial charge in [0.1, 0.15) is 18.2 Å². The summed E-state index contributed by atoms with van der Waals surface area (Å²) >= 11 is 0. The molecule has 5 heterocycles. The van der Waals surface area contributed by atoms with Crippen LogP contribution in [0, 0.1) is 0 Å². The molecule has 0 aromatic carbocycles. The van der Waals surface area contributed by atoms with Gasteiger partial charge in [-0.15, -0.1) is 0 Å². The number of β-amino-alcohol motifs (C(OH)–C–C–N with tert-alkyl or cyclic N) is 1. The molecular weight excluding hydrogens is 485 g/mol. The summed E-state index contributed by atoms with van der Waals surface area (Å²) in [6.45, 7) is 4.15. The van der Waals surface area contributed by atoms with E-state index >= 15 is 0 Å². The minimum Gasteiger partial charge on any atom is -0.391 e. The second kappa shape index (κ2) is 10.0. The Hall–Kier alpha value is -3.67. The van der Waals surface area contributed by atoms with E-state index < -0.39 is 18.8 Å². The minimum absolute atomic E-state index is 0.202. The van der Waals surface area contributed by atoms with Crippen molar-refractivity contribution in [2.45, 2.75) is 58.0 Å². The van der Waals surface area contributed by atoms with Gasteiger partial charge in [0.05, 0.1) is 30.2 Å². The number of fused-ring (bicyclic) bond motifs is 1. The van der Waals surface area contributed by atoms with Gasteiger partial charge >= 0.3 is 6.18 Å². The Labute approximate surface area is 211 Å². The highest BCUT2D eigenvalue weighted by Gasteiger charge is 2.29. The number of hydrogen-bond acceptors (Lipinski definition) is 7. The molecule has 37 heavy (non-hydrogen) atoms. The average Bonchev–Trinajstić information content (AvgIpc) is 3.49. The van der Waals surface area contributed by atoms with Crippen molar-refractivity contribution in [1.29, 1.82) is 0 Å². The van der Waals surface area contributed by atoms with Gasteiger partial charge in [-0.05, 0) is 38.3 Å². The molecule has 9 nitrogen and oxygen atoms in total.